The summed E-state index contributed by atoms with van der Waals surface area (Å²) in [4.78, 5) is 25.7. The van der Waals surface area contributed by atoms with Crippen LogP contribution in [0.25, 0.3) is 0 Å². The Morgan fingerprint density at radius 1 is 1.30 bits per heavy atom. The molecule has 1 aliphatic carbocycles. The maximum atomic E-state index is 12.6. The number of thiophene rings is 1. The Morgan fingerprint density at radius 3 is 2.70 bits per heavy atom. The van der Waals surface area contributed by atoms with E-state index in [0.717, 1.165) is 17.7 Å². The molecule has 20 heavy (non-hydrogen) atoms. The zero-order valence-electron chi connectivity index (χ0n) is 12.1. The second-order valence-corrected chi connectivity index (χ2v) is 7.55. The smallest absolute Gasteiger partial charge is 0.225 e. The summed E-state index contributed by atoms with van der Waals surface area (Å²) >= 11 is 1.65. The average molecular weight is 289 g/mol. The molecule has 0 unspecified atom stereocenters. The minimum absolute atomic E-state index is 0.0343. The van der Waals surface area contributed by atoms with Crippen molar-refractivity contribution in [1.82, 2.24) is 5.32 Å². The highest BCUT2D eigenvalue weighted by Gasteiger charge is 2.41. The SMILES string of the molecule is Cc1ccsc1[C@@H]1CC(=O)NC2=C1C(=O)CC(C)(C)C2. The molecule has 1 aromatic rings. The number of nitrogens with one attached hydrogen (secondary N) is 1. The predicted molar refractivity (Wildman–Crippen MR) is 79.6 cm³/mol. The molecule has 2 aliphatic rings. The van der Waals surface area contributed by atoms with E-state index in [1.54, 1.807) is 11.3 Å². The molecule has 1 atom stereocenters. The van der Waals surface area contributed by atoms with E-state index in [0.29, 0.717) is 12.8 Å². The van der Waals surface area contributed by atoms with Gasteiger partial charge in [0.2, 0.25) is 5.91 Å². The second-order valence-electron chi connectivity index (χ2n) is 6.61. The molecule has 0 radical (unpaired) electrons. The highest BCUT2D eigenvalue weighted by molar-refractivity contribution is 7.10. The molecule has 4 heteroatoms. The summed E-state index contributed by atoms with van der Waals surface area (Å²) in [5.41, 5.74) is 2.84. The first-order chi connectivity index (χ1) is 9.37. The van der Waals surface area contributed by atoms with Gasteiger partial charge in [-0.15, -0.1) is 11.3 Å². The third-order valence-electron chi connectivity index (χ3n) is 4.17. The number of hydrogen-bond acceptors (Lipinski definition) is 3. The van der Waals surface area contributed by atoms with Crippen molar-refractivity contribution in [2.75, 3.05) is 0 Å². The Labute approximate surface area is 123 Å². The van der Waals surface area contributed by atoms with Crippen LogP contribution in [0, 0.1) is 12.3 Å². The van der Waals surface area contributed by atoms with Crippen LogP contribution in [0.4, 0.5) is 0 Å². The number of carbonyl (C=O) groups is 2. The molecule has 0 bridgehead atoms. The topological polar surface area (TPSA) is 46.2 Å². The molecule has 1 amide bonds. The Balaban J connectivity index is 2.10. The van der Waals surface area contributed by atoms with Crippen molar-refractivity contribution in [3.8, 4) is 0 Å². The summed E-state index contributed by atoms with van der Waals surface area (Å²) in [6.07, 6.45) is 1.75. The predicted octanol–water partition coefficient (Wildman–Crippen LogP) is 3.30. The van der Waals surface area contributed by atoms with Gasteiger partial charge in [-0.2, -0.15) is 0 Å². The fourth-order valence-corrected chi connectivity index (χ4v) is 4.36. The van der Waals surface area contributed by atoms with E-state index in [1.807, 2.05) is 5.38 Å². The van der Waals surface area contributed by atoms with Gasteiger partial charge in [0.25, 0.3) is 0 Å². The number of amides is 1. The van der Waals surface area contributed by atoms with Gasteiger partial charge in [0, 0.05) is 34.9 Å². The van der Waals surface area contributed by atoms with Crippen LogP contribution in [0.2, 0.25) is 0 Å². The molecule has 2 heterocycles. The van der Waals surface area contributed by atoms with Gasteiger partial charge in [0.15, 0.2) is 5.78 Å². The maximum Gasteiger partial charge on any atom is 0.225 e. The quantitative estimate of drug-likeness (QED) is 0.862. The first kappa shape index (κ1) is 13.6. The fraction of sp³-hybridized carbons (Fsp3) is 0.500. The molecule has 0 fully saturated rings. The number of carbonyl (C=O) groups excluding carboxylic acids is 2. The van der Waals surface area contributed by atoms with Crippen molar-refractivity contribution in [3.63, 3.8) is 0 Å². The van der Waals surface area contributed by atoms with Crippen LogP contribution in [-0.2, 0) is 9.59 Å². The van der Waals surface area contributed by atoms with Crippen LogP contribution < -0.4 is 5.32 Å². The van der Waals surface area contributed by atoms with Crippen LogP contribution in [0.15, 0.2) is 22.7 Å². The minimum atomic E-state index is -0.0599. The lowest BCUT2D eigenvalue weighted by Gasteiger charge is -2.37. The molecule has 3 rings (SSSR count). The first-order valence-electron chi connectivity index (χ1n) is 6.97. The minimum Gasteiger partial charge on any atom is -0.329 e. The van der Waals surface area contributed by atoms with Crippen molar-refractivity contribution in [3.05, 3.63) is 33.2 Å². The zero-order valence-corrected chi connectivity index (χ0v) is 12.9. The van der Waals surface area contributed by atoms with Crippen LogP contribution in [0.5, 0.6) is 0 Å². The molecule has 3 nitrogen and oxygen atoms in total. The number of hydrogen-bond donors (Lipinski definition) is 1. The lowest BCUT2D eigenvalue weighted by molar-refractivity contribution is -0.122. The summed E-state index contributed by atoms with van der Waals surface area (Å²) in [6.45, 7) is 6.22. The molecular weight excluding hydrogens is 270 g/mol. The standard InChI is InChI=1S/C16H19NO2S/c1-9-4-5-20-15(9)10-6-13(19)17-11-7-16(2,3)8-12(18)14(10)11/h4-5,10H,6-8H2,1-3H3,(H,17,19)/t10-/m1/s1. The monoisotopic (exact) mass is 289 g/mol. The first-order valence-corrected chi connectivity index (χ1v) is 7.85. The highest BCUT2D eigenvalue weighted by atomic mass is 32.1. The fourth-order valence-electron chi connectivity index (χ4n) is 3.32. The molecule has 1 aromatic heterocycles. The summed E-state index contributed by atoms with van der Waals surface area (Å²) in [7, 11) is 0. The number of allylic oxidation sites excluding steroid dienone is 2. The van der Waals surface area contributed by atoms with E-state index in [1.165, 1.54) is 10.4 Å². The Kier molecular flexibility index (Phi) is 3.09. The normalized spacial score (nSPS) is 25.4. The summed E-state index contributed by atoms with van der Waals surface area (Å²) in [5.74, 6) is 0.198. The van der Waals surface area contributed by atoms with Crippen molar-refractivity contribution in [2.45, 2.75) is 46.0 Å². The third kappa shape index (κ3) is 2.22. The Bertz CT molecular complexity index is 624. The molecule has 0 saturated carbocycles. The van der Waals surface area contributed by atoms with Gasteiger partial charge in [-0.1, -0.05) is 13.8 Å². The van der Waals surface area contributed by atoms with Gasteiger partial charge in [-0.05, 0) is 35.8 Å². The third-order valence-corrected chi connectivity index (χ3v) is 5.30. The highest BCUT2D eigenvalue weighted by Crippen LogP contribution is 2.45. The van der Waals surface area contributed by atoms with Gasteiger partial charge in [-0.3, -0.25) is 9.59 Å². The van der Waals surface area contributed by atoms with Gasteiger partial charge in [0.05, 0.1) is 0 Å². The van der Waals surface area contributed by atoms with E-state index in [9.17, 15) is 9.59 Å². The van der Waals surface area contributed by atoms with Gasteiger partial charge in [0.1, 0.15) is 0 Å². The van der Waals surface area contributed by atoms with Gasteiger partial charge < -0.3 is 5.32 Å². The van der Waals surface area contributed by atoms with E-state index in [2.05, 4.69) is 32.2 Å². The van der Waals surface area contributed by atoms with Crippen molar-refractivity contribution in [1.29, 1.82) is 0 Å². The van der Waals surface area contributed by atoms with Crippen LogP contribution in [-0.4, -0.2) is 11.7 Å². The molecule has 1 N–H and O–H groups in total. The Hall–Kier alpha value is -1.42. The van der Waals surface area contributed by atoms with Crippen LogP contribution >= 0.6 is 11.3 Å². The molecule has 0 aromatic carbocycles. The zero-order chi connectivity index (χ0) is 14.5. The lowest BCUT2D eigenvalue weighted by Crippen LogP contribution is -2.40. The van der Waals surface area contributed by atoms with E-state index < -0.39 is 0 Å². The van der Waals surface area contributed by atoms with E-state index in [4.69, 9.17) is 0 Å². The number of aryl methyl sites for hydroxylation is 1. The van der Waals surface area contributed by atoms with Crippen molar-refractivity contribution in [2.24, 2.45) is 5.41 Å². The number of ketones is 1. The summed E-state index contributed by atoms with van der Waals surface area (Å²) in [5, 5.41) is 4.98. The van der Waals surface area contributed by atoms with Crippen molar-refractivity contribution >= 4 is 23.0 Å². The number of rotatable bonds is 1. The molecular formula is C16H19NO2S. The molecule has 0 saturated heterocycles. The molecule has 106 valence electrons. The second kappa shape index (κ2) is 4.55. The maximum absolute atomic E-state index is 12.6. The van der Waals surface area contributed by atoms with Crippen molar-refractivity contribution < 1.29 is 9.59 Å². The Morgan fingerprint density at radius 2 is 2.05 bits per heavy atom. The lowest BCUT2D eigenvalue weighted by atomic mass is 9.70. The van der Waals surface area contributed by atoms with E-state index in [-0.39, 0.29) is 23.0 Å². The average Bonchev–Trinajstić information content (AvgIpc) is 2.71. The van der Waals surface area contributed by atoms with Gasteiger partial charge >= 0.3 is 0 Å². The van der Waals surface area contributed by atoms with Crippen LogP contribution in [0.3, 0.4) is 0 Å². The van der Waals surface area contributed by atoms with Crippen LogP contribution in [0.1, 0.15) is 49.5 Å². The summed E-state index contributed by atoms with van der Waals surface area (Å²) < 4.78 is 0. The number of Topliss-reactive ketones (excluding diaryl/α,β-unsaturated/α-hetero) is 1. The van der Waals surface area contributed by atoms with E-state index >= 15 is 0 Å². The largest absolute Gasteiger partial charge is 0.329 e. The molecule has 0 spiro atoms. The molecule has 1 aliphatic heterocycles. The van der Waals surface area contributed by atoms with Gasteiger partial charge in [-0.25, -0.2) is 0 Å². The summed E-state index contributed by atoms with van der Waals surface area (Å²) in [6, 6.07) is 2.06.